The zero-order valence-electron chi connectivity index (χ0n) is 17.8. The van der Waals surface area contributed by atoms with Gasteiger partial charge in [0.05, 0.1) is 18.2 Å². The number of rotatable bonds is 4. The van der Waals surface area contributed by atoms with Gasteiger partial charge in [-0.2, -0.15) is 8.78 Å². The molecule has 1 heterocycles. The van der Waals surface area contributed by atoms with Gasteiger partial charge in [-0.05, 0) is 30.3 Å². The second-order valence-electron chi connectivity index (χ2n) is 8.59. The monoisotopic (exact) mass is 464 g/mol. The van der Waals surface area contributed by atoms with Crippen LogP contribution in [0.2, 0.25) is 0 Å². The lowest BCUT2D eigenvalue weighted by Gasteiger charge is -2.45. The summed E-state index contributed by atoms with van der Waals surface area (Å²) in [5.74, 6) is -1.43. The van der Waals surface area contributed by atoms with E-state index in [9.17, 15) is 26.3 Å². The number of ether oxygens (including phenoxy) is 1. The van der Waals surface area contributed by atoms with Crippen molar-refractivity contribution >= 4 is 9.24 Å². The fourth-order valence-corrected chi connectivity index (χ4v) is 5.46. The molecule has 178 valence electrons. The fourth-order valence-electron chi connectivity index (χ4n) is 4.64. The quantitative estimate of drug-likeness (QED) is 0.473. The van der Waals surface area contributed by atoms with Gasteiger partial charge in [-0.3, -0.25) is 0 Å². The second kappa shape index (κ2) is 11.2. The molecule has 3 fully saturated rings. The van der Waals surface area contributed by atoms with E-state index in [0.29, 0.717) is 12.3 Å². The van der Waals surface area contributed by atoms with Crippen LogP contribution in [-0.4, -0.2) is 61.8 Å². The number of alkyl halides is 6. The van der Waals surface area contributed by atoms with Gasteiger partial charge in [-0.25, -0.2) is 17.6 Å². The second-order valence-corrected chi connectivity index (χ2v) is 9.44. The van der Waals surface area contributed by atoms with Crippen LogP contribution in [0.1, 0.15) is 46.5 Å². The summed E-state index contributed by atoms with van der Waals surface area (Å²) in [6, 6.07) is 0. The Labute approximate surface area is 177 Å². The summed E-state index contributed by atoms with van der Waals surface area (Å²) in [6.07, 6.45) is -15.0. The average molecular weight is 464 g/mol. The van der Waals surface area contributed by atoms with Gasteiger partial charge in [-0.15, -0.1) is 9.24 Å². The molecule has 2 N–H and O–H groups in total. The van der Waals surface area contributed by atoms with Gasteiger partial charge in [-0.1, -0.05) is 20.8 Å². The van der Waals surface area contributed by atoms with E-state index in [-0.39, 0.29) is 18.5 Å². The van der Waals surface area contributed by atoms with Crippen molar-refractivity contribution in [3.63, 3.8) is 0 Å². The third-order valence-corrected chi connectivity index (χ3v) is 6.86. The first-order chi connectivity index (χ1) is 14.1. The maximum Gasteiger partial charge on any atom is 0.362 e. The van der Waals surface area contributed by atoms with Crippen LogP contribution in [0, 0.1) is 17.8 Å². The number of hydrogen-bond acceptors (Lipinski definition) is 3. The molecule has 7 unspecified atom stereocenters. The van der Waals surface area contributed by atoms with Crippen molar-refractivity contribution in [3.8, 4) is 0 Å². The highest BCUT2D eigenvalue weighted by Crippen LogP contribution is 2.46. The molecule has 10 heteroatoms. The molecule has 1 saturated heterocycles. The number of nitrogens with one attached hydrogen (secondary N) is 2. The molecule has 7 atom stereocenters. The van der Waals surface area contributed by atoms with E-state index in [4.69, 9.17) is 0 Å². The molecule has 0 bridgehead atoms. The van der Waals surface area contributed by atoms with E-state index in [2.05, 4.69) is 31.5 Å². The predicted octanol–water partition coefficient (Wildman–Crippen LogP) is 4.56. The van der Waals surface area contributed by atoms with Crippen LogP contribution >= 0.6 is 9.24 Å². The van der Waals surface area contributed by atoms with Crippen molar-refractivity contribution in [2.75, 3.05) is 13.1 Å². The van der Waals surface area contributed by atoms with Crippen LogP contribution in [0.15, 0.2) is 0 Å². The Morgan fingerprint density at radius 2 is 1.40 bits per heavy atom. The van der Waals surface area contributed by atoms with E-state index in [1.54, 1.807) is 0 Å². The summed E-state index contributed by atoms with van der Waals surface area (Å²) in [5.41, 5.74) is -0.758. The van der Waals surface area contributed by atoms with Crippen LogP contribution < -0.4 is 10.6 Å². The lowest BCUT2D eigenvalue weighted by molar-refractivity contribution is -0.313. The first-order valence-electron chi connectivity index (χ1n) is 10.9. The Kier molecular flexibility index (Phi) is 9.72. The molecule has 3 nitrogen and oxygen atoms in total. The molecule has 3 aliphatic rings. The minimum atomic E-state index is -3.88. The van der Waals surface area contributed by atoms with Crippen molar-refractivity contribution < 1.29 is 31.1 Å². The SMILES string of the molecule is CC.CC1CNC(C2CC(F)C(C(F)(F)OC3CC(F)C(F)C(F)C3)C(P)C2)NC1. The molecule has 0 aromatic heterocycles. The molecule has 0 radical (unpaired) electrons. The molecule has 3 rings (SSSR count). The molecular formula is C20H35F6N2OP. The summed E-state index contributed by atoms with van der Waals surface area (Å²) in [5, 5.41) is 6.58. The van der Waals surface area contributed by atoms with Crippen molar-refractivity contribution in [2.45, 2.75) is 95.2 Å². The van der Waals surface area contributed by atoms with Gasteiger partial charge in [0.25, 0.3) is 0 Å². The molecule has 0 amide bonds. The highest BCUT2D eigenvalue weighted by molar-refractivity contribution is 7.17. The van der Waals surface area contributed by atoms with E-state index in [0.717, 1.165) is 13.1 Å². The van der Waals surface area contributed by atoms with Gasteiger partial charge in [0.2, 0.25) is 0 Å². The average Bonchev–Trinajstić information content (AvgIpc) is 2.67. The van der Waals surface area contributed by atoms with E-state index < -0.39 is 61.3 Å². The molecular weight excluding hydrogens is 429 g/mol. The maximum absolute atomic E-state index is 14.8. The summed E-state index contributed by atoms with van der Waals surface area (Å²) in [4.78, 5) is 0. The van der Waals surface area contributed by atoms with Crippen LogP contribution in [-0.2, 0) is 4.74 Å². The van der Waals surface area contributed by atoms with E-state index in [1.807, 2.05) is 13.8 Å². The van der Waals surface area contributed by atoms with Gasteiger partial charge < -0.3 is 15.4 Å². The van der Waals surface area contributed by atoms with Crippen molar-refractivity contribution in [1.29, 1.82) is 0 Å². The van der Waals surface area contributed by atoms with Gasteiger partial charge >= 0.3 is 6.11 Å². The number of halogens is 6. The van der Waals surface area contributed by atoms with Crippen LogP contribution in [0.5, 0.6) is 0 Å². The van der Waals surface area contributed by atoms with Crippen LogP contribution in [0.3, 0.4) is 0 Å². The third kappa shape index (κ3) is 6.23. The maximum atomic E-state index is 14.8. The van der Waals surface area contributed by atoms with E-state index in [1.165, 1.54) is 0 Å². The smallest absolute Gasteiger partial charge is 0.317 e. The summed E-state index contributed by atoms with van der Waals surface area (Å²) in [6.45, 7) is 7.63. The minimum Gasteiger partial charge on any atom is -0.317 e. The summed E-state index contributed by atoms with van der Waals surface area (Å²) >= 11 is 0. The zero-order valence-corrected chi connectivity index (χ0v) is 18.9. The van der Waals surface area contributed by atoms with Crippen LogP contribution in [0.25, 0.3) is 0 Å². The highest BCUT2D eigenvalue weighted by Gasteiger charge is 2.55. The Balaban J connectivity index is 0.00000155. The summed E-state index contributed by atoms with van der Waals surface area (Å²) in [7, 11) is 2.28. The Bertz CT molecular complexity index is 502. The molecule has 2 aliphatic carbocycles. The minimum absolute atomic E-state index is 0.0533. The van der Waals surface area contributed by atoms with Crippen LogP contribution in [0.4, 0.5) is 26.3 Å². The first-order valence-corrected chi connectivity index (χ1v) is 11.6. The normalized spacial score (nSPS) is 45.4. The van der Waals surface area contributed by atoms with Crippen molar-refractivity contribution in [2.24, 2.45) is 17.8 Å². The third-order valence-electron chi connectivity index (χ3n) is 6.18. The van der Waals surface area contributed by atoms with Crippen molar-refractivity contribution in [1.82, 2.24) is 10.6 Å². The highest BCUT2D eigenvalue weighted by atomic mass is 31.0. The molecule has 0 aromatic carbocycles. The first kappa shape index (κ1) is 26.1. The standard InChI is InChI=1S/C18H29F6N2OP.C2H6/c1-8-6-25-17(26-7-8)9-2-11(19)15(14(28)3-9)18(23,24)27-10-4-12(20)16(22)13(21)5-10;1-2/h8-17,25-26H,2-7,28H2,1H3;1-2H3. The number of hydrogen-bond donors (Lipinski definition) is 2. The lowest BCUT2D eigenvalue weighted by Crippen LogP contribution is -2.59. The topological polar surface area (TPSA) is 33.3 Å². The molecule has 0 spiro atoms. The molecule has 0 aromatic rings. The largest absolute Gasteiger partial charge is 0.362 e. The van der Waals surface area contributed by atoms with Crippen molar-refractivity contribution in [3.05, 3.63) is 0 Å². The Morgan fingerprint density at radius 3 is 1.90 bits per heavy atom. The Hall–Kier alpha value is -0.110. The molecule has 1 aliphatic heterocycles. The fraction of sp³-hybridized carbons (Fsp3) is 1.00. The molecule has 30 heavy (non-hydrogen) atoms. The Morgan fingerprint density at radius 1 is 0.867 bits per heavy atom. The molecule has 2 saturated carbocycles. The van der Waals surface area contributed by atoms with E-state index >= 15 is 0 Å². The van der Waals surface area contributed by atoms with Gasteiger partial charge in [0, 0.05) is 25.9 Å². The van der Waals surface area contributed by atoms with Gasteiger partial charge in [0.1, 0.15) is 18.5 Å². The van der Waals surface area contributed by atoms with Gasteiger partial charge in [0.15, 0.2) is 6.17 Å². The summed E-state index contributed by atoms with van der Waals surface area (Å²) < 4.78 is 89.2. The zero-order chi connectivity index (χ0) is 22.6. The predicted molar refractivity (Wildman–Crippen MR) is 109 cm³/mol. The lowest BCUT2D eigenvalue weighted by atomic mass is 9.77.